The molecule has 4 nitrogen and oxygen atoms in total. The summed E-state index contributed by atoms with van der Waals surface area (Å²) >= 11 is 3.61. The van der Waals surface area contributed by atoms with Gasteiger partial charge in [-0.15, -0.1) is 0 Å². The molecule has 0 amide bonds. The van der Waals surface area contributed by atoms with Crippen molar-refractivity contribution in [2.75, 3.05) is 39.4 Å². The molecule has 0 saturated carbocycles. The van der Waals surface area contributed by atoms with E-state index in [-0.39, 0.29) is 0 Å². The van der Waals surface area contributed by atoms with Crippen LogP contribution in [0.25, 0.3) is 0 Å². The summed E-state index contributed by atoms with van der Waals surface area (Å²) in [7, 11) is 0. The Balaban J connectivity index is 2.65. The van der Waals surface area contributed by atoms with Gasteiger partial charge in [0.1, 0.15) is 0 Å². The van der Waals surface area contributed by atoms with E-state index in [1.165, 1.54) is 5.56 Å². The molecule has 1 aromatic carbocycles. The second-order valence-electron chi connectivity index (χ2n) is 5.39. The zero-order chi connectivity index (χ0) is 17.1. The molecule has 0 heterocycles. The minimum Gasteiger partial charge on any atom is -0.490 e. The predicted octanol–water partition coefficient (Wildman–Crippen LogP) is 4.07. The van der Waals surface area contributed by atoms with Crippen molar-refractivity contribution in [1.82, 2.24) is 10.2 Å². The summed E-state index contributed by atoms with van der Waals surface area (Å²) < 4.78 is 12.5. The number of nitrogens with zero attached hydrogens (tertiary/aromatic N) is 1. The van der Waals surface area contributed by atoms with Crippen molar-refractivity contribution in [2.45, 2.75) is 40.7 Å². The molecule has 0 aromatic heterocycles. The van der Waals surface area contributed by atoms with Gasteiger partial charge in [0.15, 0.2) is 11.5 Å². The first-order chi connectivity index (χ1) is 11.2. The van der Waals surface area contributed by atoms with Crippen molar-refractivity contribution in [3.05, 3.63) is 22.2 Å². The van der Waals surface area contributed by atoms with Crippen LogP contribution in [0, 0.1) is 0 Å². The van der Waals surface area contributed by atoms with Crippen LogP contribution < -0.4 is 14.8 Å². The van der Waals surface area contributed by atoms with E-state index in [0.717, 1.165) is 55.1 Å². The number of likely N-dealkylation sites (N-methyl/N-ethyl adjacent to an activating group) is 1. The van der Waals surface area contributed by atoms with E-state index in [2.05, 4.69) is 59.1 Å². The molecule has 0 unspecified atom stereocenters. The number of ether oxygens (including phenoxy) is 2. The van der Waals surface area contributed by atoms with E-state index in [0.29, 0.717) is 13.2 Å². The van der Waals surface area contributed by atoms with Crippen LogP contribution >= 0.6 is 15.9 Å². The monoisotopic (exact) mass is 386 g/mol. The highest BCUT2D eigenvalue weighted by atomic mass is 79.9. The maximum absolute atomic E-state index is 5.81. The first kappa shape index (κ1) is 20.3. The lowest BCUT2D eigenvalue weighted by Gasteiger charge is -2.18. The van der Waals surface area contributed by atoms with Gasteiger partial charge in [0.25, 0.3) is 0 Å². The molecule has 1 aromatic rings. The van der Waals surface area contributed by atoms with Crippen molar-refractivity contribution in [3.63, 3.8) is 0 Å². The topological polar surface area (TPSA) is 33.7 Å². The Morgan fingerprint density at radius 1 is 1.09 bits per heavy atom. The Bertz CT molecular complexity index is 451. The van der Waals surface area contributed by atoms with Crippen LogP contribution in [0.15, 0.2) is 16.6 Å². The number of hydrogen-bond donors (Lipinski definition) is 1. The average Bonchev–Trinajstić information content (AvgIpc) is 2.54. The molecule has 23 heavy (non-hydrogen) atoms. The van der Waals surface area contributed by atoms with Crippen LogP contribution in [-0.2, 0) is 6.54 Å². The standard InChI is InChI=1S/C18H31BrN2O2/c1-5-11-23-18-16(19)12-15(13-17(18)22-8-4)14-20-9-10-21(6-2)7-3/h12-13,20H,5-11,14H2,1-4H3. The minimum absolute atomic E-state index is 0.633. The van der Waals surface area contributed by atoms with Crippen LogP contribution in [0.3, 0.4) is 0 Å². The van der Waals surface area contributed by atoms with Gasteiger partial charge in [0.05, 0.1) is 17.7 Å². The maximum Gasteiger partial charge on any atom is 0.175 e. The van der Waals surface area contributed by atoms with E-state index in [1.807, 2.05) is 6.92 Å². The van der Waals surface area contributed by atoms with Crippen LogP contribution in [0.1, 0.15) is 39.7 Å². The van der Waals surface area contributed by atoms with Crippen molar-refractivity contribution >= 4 is 15.9 Å². The first-order valence-corrected chi connectivity index (χ1v) is 9.46. The fourth-order valence-electron chi connectivity index (χ4n) is 2.34. The highest BCUT2D eigenvalue weighted by molar-refractivity contribution is 9.10. The van der Waals surface area contributed by atoms with Crippen molar-refractivity contribution < 1.29 is 9.47 Å². The third-order valence-corrected chi connectivity index (χ3v) is 4.24. The normalized spacial score (nSPS) is 11.0. The molecule has 0 spiro atoms. The van der Waals surface area contributed by atoms with E-state index >= 15 is 0 Å². The van der Waals surface area contributed by atoms with Gasteiger partial charge in [-0.05, 0) is 60.1 Å². The Hall–Kier alpha value is -0.780. The van der Waals surface area contributed by atoms with Crippen molar-refractivity contribution in [3.8, 4) is 11.5 Å². The van der Waals surface area contributed by atoms with E-state index in [4.69, 9.17) is 9.47 Å². The second kappa shape index (κ2) is 11.7. The van der Waals surface area contributed by atoms with Crippen LogP contribution in [0.5, 0.6) is 11.5 Å². The summed E-state index contributed by atoms with van der Waals surface area (Å²) in [5.74, 6) is 1.62. The van der Waals surface area contributed by atoms with Crippen LogP contribution in [-0.4, -0.2) is 44.3 Å². The highest BCUT2D eigenvalue weighted by Gasteiger charge is 2.12. The third kappa shape index (κ3) is 7.10. The number of nitrogens with one attached hydrogen (secondary N) is 1. The fraction of sp³-hybridized carbons (Fsp3) is 0.667. The molecule has 1 N–H and O–H groups in total. The summed E-state index contributed by atoms with van der Waals surface area (Å²) in [6.45, 7) is 14.9. The van der Waals surface area contributed by atoms with Gasteiger partial charge in [-0.25, -0.2) is 0 Å². The number of halogens is 1. The molecule has 5 heteroatoms. The van der Waals surface area contributed by atoms with Gasteiger partial charge in [-0.1, -0.05) is 20.8 Å². The second-order valence-corrected chi connectivity index (χ2v) is 6.24. The molecular formula is C18H31BrN2O2. The average molecular weight is 387 g/mol. The van der Waals surface area contributed by atoms with Crippen LogP contribution in [0.4, 0.5) is 0 Å². The lowest BCUT2D eigenvalue weighted by molar-refractivity contribution is 0.275. The van der Waals surface area contributed by atoms with E-state index < -0.39 is 0 Å². The quantitative estimate of drug-likeness (QED) is 0.549. The summed E-state index contributed by atoms with van der Waals surface area (Å²) in [5, 5.41) is 3.50. The van der Waals surface area contributed by atoms with Gasteiger partial charge < -0.3 is 19.7 Å². The third-order valence-electron chi connectivity index (χ3n) is 3.65. The predicted molar refractivity (Wildman–Crippen MR) is 101 cm³/mol. The Kier molecular flexibility index (Phi) is 10.3. The summed E-state index contributed by atoms with van der Waals surface area (Å²) in [6.07, 6.45) is 0.979. The molecule has 1 rings (SSSR count). The molecule has 0 aliphatic heterocycles. The number of benzene rings is 1. The Labute approximate surface area is 149 Å². The molecule has 0 bridgehead atoms. The highest BCUT2D eigenvalue weighted by Crippen LogP contribution is 2.37. The van der Waals surface area contributed by atoms with Gasteiger partial charge >= 0.3 is 0 Å². The van der Waals surface area contributed by atoms with Crippen molar-refractivity contribution in [1.29, 1.82) is 0 Å². The summed E-state index contributed by atoms with van der Waals surface area (Å²) in [5.41, 5.74) is 1.20. The van der Waals surface area contributed by atoms with Crippen molar-refractivity contribution in [2.24, 2.45) is 0 Å². The largest absolute Gasteiger partial charge is 0.490 e. The molecule has 0 aliphatic carbocycles. The lowest BCUT2D eigenvalue weighted by Crippen LogP contribution is -2.31. The molecular weight excluding hydrogens is 356 g/mol. The Morgan fingerprint density at radius 3 is 2.43 bits per heavy atom. The molecule has 0 aliphatic rings. The lowest BCUT2D eigenvalue weighted by atomic mass is 10.2. The first-order valence-electron chi connectivity index (χ1n) is 8.67. The van der Waals surface area contributed by atoms with Gasteiger partial charge in [-0.3, -0.25) is 0 Å². The summed E-state index contributed by atoms with van der Waals surface area (Å²) in [6, 6.07) is 4.18. The zero-order valence-electron chi connectivity index (χ0n) is 15.0. The van der Waals surface area contributed by atoms with Gasteiger partial charge in [-0.2, -0.15) is 0 Å². The molecule has 0 fully saturated rings. The smallest absolute Gasteiger partial charge is 0.175 e. The molecule has 0 saturated heterocycles. The SMILES string of the molecule is CCCOc1c(Br)cc(CNCCN(CC)CC)cc1OCC. The molecule has 0 radical (unpaired) electrons. The summed E-state index contributed by atoms with van der Waals surface area (Å²) in [4.78, 5) is 2.41. The van der Waals surface area contributed by atoms with E-state index in [1.54, 1.807) is 0 Å². The number of hydrogen-bond acceptors (Lipinski definition) is 4. The van der Waals surface area contributed by atoms with E-state index in [9.17, 15) is 0 Å². The van der Waals surface area contributed by atoms with Gasteiger partial charge in [0, 0.05) is 19.6 Å². The van der Waals surface area contributed by atoms with Crippen LogP contribution in [0.2, 0.25) is 0 Å². The minimum atomic E-state index is 0.633. The molecule has 132 valence electrons. The maximum atomic E-state index is 5.81. The fourth-order valence-corrected chi connectivity index (χ4v) is 2.94. The molecule has 0 atom stereocenters. The zero-order valence-corrected chi connectivity index (χ0v) is 16.5. The van der Waals surface area contributed by atoms with Gasteiger partial charge in [0.2, 0.25) is 0 Å². The Morgan fingerprint density at radius 2 is 1.83 bits per heavy atom. The number of rotatable bonds is 12.